The van der Waals surface area contributed by atoms with Gasteiger partial charge in [0, 0.05) is 30.7 Å². The van der Waals surface area contributed by atoms with Crippen LogP contribution < -0.4 is 5.73 Å². The summed E-state index contributed by atoms with van der Waals surface area (Å²) < 4.78 is 26.9. The van der Waals surface area contributed by atoms with E-state index in [1.54, 1.807) is 4.90 Å². The minimum Gasteiger partial charge on any atom is -0.394 e. The number of halogens is 2. The molecule has 2 rings (SSSR count). The SMILES string of the molecule is CN1CCN(C(=O)c2cc(F)c(N)c(F)c2)CC1(C)C. The largest absolute Gasteiger partial charge is 0.394 e. The topological polar surface area (TPSA) is 49.6 Å². The monoisotopic (exact) mass is 283 g/mol. The number of likely N-dealkylation sites (N-methyl/N-ethyl adjacent to an activating group) is 1. The van der Waals surface area contributed by atoms with Crippen molar-refractivity contribution in [1.29, 1.82) is 0 Å². The van der Waals surface area contributed by atoms with Gasteiger partial charge in [-0.05, 0) is 33.0 Å². The van der Waals surface area contributed by atoms with Crippen LogP contribution >= 0.6 is 0 Å². The Morgan fingerprint density at radius 3 is 2.30 bits per heavy atom. The molecule has 1 heterocycles. The lowest BCUT2D eigenvalue weighted by Gasteiger charge is -2.45. The van der Waals surface area contributed by atoms with Gasteiger partial charge in [0.1, 0.15) is 17.3 Å². The van der Waals surface area contributed by atoms with Crippen LogP contribution in [-0.4, -0.2) is 47.9 Å². The smallest absolute Gasteiger partial charge is 0.254 e. The second-order valence-electron chi connectivity index (χ2n) is 5.81. The highest BCUT2D eigenvalue weighted by molar-refractivity contribution is 5.94. The van der Waals surface area contributed by atoms with Crippen molar-refractivity contribution < 1.29 is 13.6 Å². The molecule has 0 saturated carbocycles. The highest BCUT2D eigenvalue weighted by atomic mass is 19.1. The van der Waals surface area contributed by atoms with Gasteiger partial charge in [-0.25, -0.2) is 8.78 Å². The summed E-state index contributed by atoms with van der Waals surface area (Å²) in [5, 5.41) is 0. The Balaban J connectivity index is 2.24. The van der Waals surface area contributed by atoms with Gasteiger partial charge in [0.25, 0.3) is 5.91 Å². The number of benzene rings is 1. The summed E-state index contributed by atoms with van der Waals surface area (Å²) in [6.45, 7) is 5.81. The quantitative estimate of drug-likeness (QED) is 0.798. The van der Waals surface area contributed by atoms with Crippen LogP contribution in [-0.2, 0) is 0 Å². The Morgan fingerprint density at radius 2 is 1.80 bits per heavy atom. The zero-order chi connectivity index (χ0) is 15.1. The van der Waals surface area contributed by atoms with E-state index in [1.165, 1.54) is 0 Å². The first-order valence-electron chi connectivity index (χ1n) is 6.47. The number of nitrogens with zero attached hydrogens (tertiary/aromatic N) is 2. The minimum atomic E-state index is -0.901. The van der Waals surface area contributed by atoms with E-state index in [0.717, 1.165) is 18.7 Å². The van der Waals surface area contributed by atoms with Gasteiger partial charge in [-0.15, -0.1) is 0 Å². The maximum Gasteiger partial charge on any atom is 0.254 e. The molecule has 1 aliphatic heterocycles. The first-order chi connectivity index (χ1) is 9.22. The Labute approximate surface area is 117 Å². The van der Waals surface area contributed by atoms with Gasteiger partial charge >= 0.3 is 0 Å². The van der Waals surface area contributed by atoms with E-state index >= 15 is 0 Å². The molecule has 1 fully saturated rings. The number of piperazine rings is 1. The molecule has 0 radical (unpaired) electrons. The number of nitrogens with two attached hydrogens (primary N) is 1. The van der Waals surface area contributed by atoms with Gasteiger partial charge in [0.2, 0.25) is 0 Å². The number of amides is 1. The molecule has 1 aromatic carbocycles. The molecule has 4 nitrogen and oxygen atoms in total. The van der Waals surface area contributed by atoms with Crippen LogP contribution in [0.2, 0.25) is 0 Å². The fourth-order valence-corrected chi connectivity index (χ4v) is 2.30. The molecule has 0 bridgehead atoms. The van der Waals surface area contributed by atoms with Crippen LogP contribution in [0.3, 0.4) is 0 Å². The zero-order valence-electron chi connectivity index (χ0n) is 11.9. The Hall–Kier alpha value is -1.69. The van der Waals surface area contributed by atoms with E-state index in [4.69, 9.17) is 5.73 Å². The van der Waals surface area contributed by atoms with Gasteiger partial charge in [-0.3, -0.25) is 9.69 Å². The summed E-state index contributed by atoms with van der Waals surface area (Å²) in [5.74, 6) is -2.17. The maximum atomic E-state index is 13.4. The van der Waals surface area contributed by atoms with Crippen molar-refractivity contribution in [2.75, 3.05) is 32.4 Å². The Morgan fingerprint density at radius 1 is 1.25 bits per heavy atom. The van der Waals surface area contributed by atoms with Crippen LogP contribution in [0.5, 0.6) is 0 Å². The van der Waals surface area contributed by atoms with Crippen LogP contribution in [0.4, 0.5) is 14.5 Å². The number of anilines is 1. The number of carbonyl (C=O) groups is 1. The van der Waals surface area contributed by atoms with E-state index in [1.807, 2.05) is 20.9 Å². The number of hydrogen-bond acceptors (Lipinski definition) is 3. The standard InChI is InChI=1S/C14H19F2N3O/c1-14(2)8-19(5-4-18(14)3)13(20)9-6-10(15)12(17)11(16)7-9/h6-7H,4-5,8,17H2,1-3H3. The molecule has 1 saturated heterocycles. The van der Waals surface area contributed by atoms with Crippen molar-refractivity contribution in [3.05, 3.63) is 29.3 Å². The maximum absolute atomic E-state index is 13.4. The number of nitrogen functional groups attached to an aromatic ring is 1. The Bertz CT molecular complexity index is 522. The van der Waals surface area contributed by atoms with E-state index in [0.29, 0.717) is 13.1 Å². The van der Waals surface area contributed by atoms with Crippen molar-refractivity contribution in [2.24, 2.45) is 0 Å². The van der Waals surface area contributed by atoms with Gasteiger partial charge in [-0.2, -0.15) is 0 Å². The number of carbonyl (C=O) groups excluding carboxylic acids is 1. The van der Waals surface area contributed by atoms with Crippen LogP contribution in [0, 0.1) is 11.6 Å². The van der Waals surface area contributed by atoms with Crippen molar-refractivity contribution >= 4 is 11.6 Å². The molecule has 1 aromatic rings. The first kappa shape index (κ1) is 14.7. The summed E-state index contributed by atoms with van der Waals surface area (Å²) in [5.41, 5.74) is 4.48. The van der Waals surface area contributed by atoms with Gasteiger partial charge in [-0.1, -0.05) is 0 Å². The third kappa shape index (κ3) is 2.60. The second kappa shape index (κ2) is 5.01. The fourth-order valence-electron chi connectivity index (χ4n) is 2.30. The normalized spacial score (nSPS) is 19.1. The lowest BCUT2D eigenvalue weighted by molar-refractivity contribution is 0.0311. The van der Waals surface area contributed by atoms with E-state index in [9.17, 15) is 13.6 Å². The summed E-state index contributed by atoms with van der Waals surface area (Å²) in [6.07, 6.45) is 0. The van der Waals surface area contributed by atoms with E-state index < -0.39 is 17.3 Å². The van der Waals surface area contributed by atoms with Crippen LogP contribution in [0.1, 0.15) is 24.2 Å². The van der Waals surface area contributed by atoms with Crippen molar-refractivity contribution in [3.63, 3.8) is 0 Å². The lowest BCUT2D eigenvalue weighted by Crippen LogP contribution is -2.58. The van der Waals surface area contributed by atoms with Crippen LogP contribution in [0.15, 0.2) is 12.1 Å². The van der Waals surface area contributed by atoms with Gasteiger partial charge in [0.15, 0.2) is 0 Å². The molecule has 1 aliphatic rings. The molecule has 0 unspecified atom stereocenters. The van der Waals surface area contributed by atoms with Gasteiger partial charge in [0.05, 0.1) is 0 Å². The van der Waals surface area contributed by atoms with E-state index in [-0.39, 0.29) is 17.0 Å². The molecule has 1 amide bonds. The first-order valence-corrected chi connectivity index (χ1v) is 6.47. The second-order valence-corrected chi connectivity index (χ2v) is 5.81. The predicted molar refractivity (Wildman–Crippen MR) is 73.4 cm³/mol. The van der Waals surface area contributed by atoms with Gasteiger partial charge < -0.3 is 10.6 Å². The molecular formula is C14H19F2N3O. The Kier molecular flexibility index (Phi) is 3.69. The van der Waals surface area contributed by atoms with Crippen molar-refractivity contribution in [1.82, 2.24) is 9.80 Å². The molecule has 0 spiro atoms. The zero-order valence-corrected chi connectivity index (χ0v) is 11.9. The molecule has 2 N–H and O–H groups in total. The third-order valence-corrected chi connectivity index (χ3v) is 3.93. The molecule has 20 heavy (non-hydrogen) atoms. The lowest BCUT2D eigenvalue weighted by atomic mass is 9.99. The minimum absolute atomic E-state index is 0.00504. The average molecular weight is 283 g/mol. The third-order valence-electron chi connectivity index (χ3n) is 3.93. The summed E-state index contributed by atoms with van der Waals surface area (Å²) in [6, 6.07) is 1.98. The average Bonchev–Trinajstić information content (AvgIpc) is 2.37. The number of hydrogen-bond donors (Lipinski definition) is 1. The summed E-state index contributed by atoms with van der Waals surface area (Å²) in [7, 11) is 1.99. The fraction of sp³-hybridized carbons (Fsp3) is 0.500. The summed E-state index contributed by atoms with van der Waals surface area (Å²) >= 11 is 0. The molecule has 0 aromatic heterocycles. The molecular weight excluding hydrogens is 264 g/mol. The van der Waals surface area contributed by atoms with Crippen molar-refractivity contribution in [3.8, 4) is 0 Å². The number of rotatable bonds is 1. The predicted octanol–water partition coefficient (Wildman–Crippen LogP) is 1.71. The van der Waals surface area contributed by atoms with E-state index in [2.05, 4.69) is 4.90 Å². The highest BCUT2D eigenvalue weighted by Gasteiger charge is 2.33. The molecule has 0 aliphatic carbocycles. The highest BCUT2D eigenvalue weighted by Crippen LogP contribution is 2.22. The molecule has 0 atom stereocenters. The molecule has 6 heteroatoms. The molecule has 110 valence electrons. The summed E-state index contributed by atoms with van der Waals surface area (Å²) in [4.78, 5) is 16.1. The van der Waals surface area contributed by atoms with Crippen molar-refractivity contribution in [2.45, 2.75) is 19.4 Å². The van der Waals surface area contributed by atoms with Crippen LogP contribution in [0.25, 0.3) is 0 Å².